The van der Waals surface area contributed by atoms with E-state index in [2.05, 4.69) is 0 Å². The molecule has 1 aliphatic rings. The number of carbonyl (C=O) groups is 1. The normalized spacial score (nSPS) is 22.4. The minimum absolute atomic E-state index is 0.149. The van der Waals surface area contributed by atoms with Crippen LogP contribution in [-0.2, 0) is 0 Å². The van der Waals surface area contributed by atoms with Gasteiger partial charge in [-0.25, -0.2) is 4.39 Å². The van der Waals surface area contributed by atoms with Crippen LogP contribution in [0.15, 0.2) is 18.2 Å². The van der Waals surface area contributed by atoms with E-state index in [1.807, 2.05) is 0 Å². The van der Waals surface area contributed by atoms with E-state index in [0.717, 1.165) is 18.9 Å². The van der Waals surface area contributed by atoms with Crippen LogP contribution in [0, 0.1) is 11.7 Å². The van der Waals surface area contributed by atoms with Gasteiger partial charge in [-0.3, -0.25) is 4.79 Å². The minimum atomic E-state index is -0.442. The quantitative estimate of drug-likeness (QED) is 0.779. The monoisotopic (exact) mass is 289 g/mol. The van der Waals surface area contributed by atoms with Gasteiger partial charge in [-0.2, -0.15) is 0 Å². The van der Waals surface area contributed by atoms with Gasteiger partial charge in [0.2, 0.25) is 0 Å². The molecule has 1 aromatic rings. The van der Waals surface area contributed by atoms with Crippen molar-refractivity contribution in [3.63, 3.8) is 0 Å². The van der Waals surface area contributed by atoms with Gasteiger partial charge < -0.3 is 4.90 Å². The molecule has 2 rings (SSSR count). The van der Waals surface area contributed by atoms with Crippen LogP contribution in [0.1, 0.15) is 23.2 Å². The topological polar surface area (TPSA) is 20.3 Å². The Hall–Kier alpha value is -0.800. The van der Waals surface area contributed by atoms with Crippen LogP contribution in [0.2, 0.25) is 5.02 Å². The maximum Gasteiger partial charge on any atom is 0.255 e. The predicted molar refractivity (Wildman–Crippen MR) is 70.7 cm³/mol. The van der Waals surface area contributed by atoms with E-state index < -0.39 is 5.82 Å². The van der Waals surface area contributed by atoms with Crippen LogP contribution in [0.3, 0.4) is 0 Å². The highest BCUT2D eigenvalue weighted by Crippen LogP contribution is 2.32. The Morgan fingerprint density at radius 2 is 2.17 bits per heavy atom. The third-order valence-electron chi connectivity index (χ3n) is 3.22. The van der Waals surface area contributed by atoms with Crippen molar-refractivity contribution >= 4 is 29.1 Å². The molecule has 1 amide bonds. The van der Waals surface area contributed by atoms with Crippen LogP contribution >= 0.6 is 23.2 Å². The summed E-state index contributed by atoms with van der Waals surface area (Å²) in [4.78, 5) is 13.7. The van der Waals surface area contributed by atoms with Gasteiger partial charge in [-0.05, 0) is 37.0 Å². The molecule has 18 heavy (non-hydrogen) atoms. The molecular weight excluding hydrogens is 276 g/mol. The Bertz CT molecular complexity index is 460. The molecule has 0 aromatic heterocycles. The Morgan fingerprint density at radius 3 is 2.72 bits per heavy atom. The van der Waals surface area contributed by atoms with Crippen LogP contribution in [0.5, 0.6) is 0 Å². The maximum absolute atomic E-state index is 12.9. The summed E-state index contributed by atoms with van der Waals surface area (Å²) in [5.41, 5.74) is 0.335. The molecule has 1 aromatic carbocycles. The molecule has 0 unspecified atom stereocenters. The number of alkyl halides is 1. The standard InChI is InChI=1S/C13H14Cl2FNO/c1-17(7-8-4-9(14)5-8)13(18)11-3-2-10(16)6-12(11)15/h2-3,6,8-9H,4-5,7H2,1H3. The molecule has 0 saturated heterocycles. The summed E-state index contributed by atoms with van der Waals surface area (Å²) >= 11 is 11.8. The average molecular weight is 290 g/mol. The molecule has 0 bridgehead atoms. The van der Waals surface area contributed by atoms with Gasteiger partial charge in [-0.1, -0.05) is 11.6 Å². The Balaban J connectivity index is 2.01. The van der Waals surface area contributed by atoms with Gasteiger partial charge in [-0.15, -0.1) is 11.6 Å². The molecule has 1 saturated carbocycles. The third kappa shape index (κ3) is 2.96. The Kier molecular flexibility index (Phi) is 4.13. The van der Waals surface area contributed by atoms with E-state index in [4.69, 9.17) is 23.2 Å². The van der Waals surface area contributed by atoms with Crippen molar-refractivity contribution in [1.82, 2.24) is 4.90 Å². The summed E-state index contributed by atoms with van der Waals surface area (Å²) < 4.78 is 12.9. The molecule has 1 aliphatic carbocycles. The molecule has 0 spiro atoms. The first-order valence-corrected chi connectivity index (χ1v) is 6.63. The molecule has 1 fully saturated rings. The van der Waals surface area contributed by atoms with Gasteiger partial charge in [0.25, 0.3) is 5.91 Å². The van der Waals surface area contributed by atoms with Gasteiger partial charge in [0.05, 0.1) is 10.6 Å². The van der Waals surface area contributed by atoms with Crippen molar-refractivity contribution in [2.24, 2.45) is 5.92 Å². The number of nitrogens with zero attached hydrogens (tertiary/aromatic N) is 1. The summed E-state index contributed by atoms with van der Waals surface area (Å²) in [5, 5.41) is 0.392. The van der Waals surface area contributed by atoms with E-state index in [1.165, 1.54) is 12.1 Å². The highest BCUT2D eigenvalue weighted by Gasteiger charge is 2.29. The van der Waals surface area contributed by atoms with E-state index in [-0.39, 0.29) is 16.3 Å². The van der Waals surface area contributed by atoms with Crippen molar-refractivity contribution in [1.29, 1.82) is 0 Å². The first kappa shape index (κ1) is 13.6. The first-order chi connectivity index (χ1) is 8.47. The number of rotatable bonds is 3. The van der Waals surface area contributed by atoms with Crippen molar-refractivity contribution < 1.29 is 9.18 Å². The number of hydrogen-bond acceptors (Lipinski definition) is 1. The van der Waals surface area contributed by atoms with Crippen molar-refractivity contribution in [2.75, 3.05) is 13.6 Å². The first-order valence-electron chi connectivity index (χ1n) is 5.82. The van der Waals surface area contributed by atoms with Crippen molar-refractivity contribution in [3.05, 3.63) is 34.6 Å². The molecule has 5 heteroatoms. The summed E-state index contributed by atoms with van der Waals surface area (Å²) in [6.07, 6.45) is 1.88. The molecular formula is C13H14Cl2FNO. The lowest BCUT2D eigenvalue weighted by molar-refractivity contribution is 0.0747. The number of benzene rings is 1. The van der Waals surface area contributed by atoms with Crippen molar-refractivity contribution in [3.8, 4) is 0 Å². The van der Waals surface area contributed by atoms with Gasteiger partial charge in [0.1, 0.15) is 5.82 Å². The van der Waals surface area contributed by atoms with Crippen LogP contribution in [0.4, 0.5) is 4.39 Å². The third-order valence-corrected chi connectivity index (χ3v) is 3.89. The molecule has 2 nitrogen and oxygen atoms in total. The van der Waals surface area contributed by atoms with E-state index in [9.17, 15) is 9.18 Å². The van der Waals surface area contributed by atoms with Crippen LogP contribution in [0.25, 0.3) is 0 Å². The fraction of sp³-hybridized carbons (Fsp3) is 0.462. The second-order valence-corrected chi connectivity index (χ2v) is 5.77. The highest BCUT2D eigenvalue weighted by atomic mass is 35.5. The zero-order chi connectivity index (χ0) is 13.3. The molecule has 0 aliphatic heterocycles. The maximum atomic E-state index is 12.9. The van der Waals surface area contributed by atoms with Crippen LogP contribution < -0.4 is 0 Å². The summed E-state index contributed by atoms with van der Waals surface area (Å²) in [6.45, 7) is 0.662. The Labute approximate surface area is 116 Å². The number of amides is 1. The second-order valence-electron chi connectivity index (χ2n) is 4.74. The van der Waals surface area contributed by atoms with E-state index >= 15 is 0 Å². The number of hydrogen-bond donors (Lipinski definition) is 0. The highest BCUT2D eigenvalue weighted by molar-refractivity contribution is 6.33. The molecule has 0 heterocycles. The molecule has 98 valence electrons. The predicted octanol–water partition coefficient (Wildman–Crippen LogP) is 3.57. The zero-order valence-electron chi connectivity index (χ0n) is 10.00. The van der Waals surface area contributed by atoms with Crippen molar-refractivity contribution in [2.45, 2.75) is 18.2 Å². The van der Waals surface area contributed by atoms with Gasteiger partial charge >= 0.3 is 0 Å². The second kappa shape index (κ2) is 5.45. The largest absolute Gasteiger partial charge is 0.341 e. The van der Waals surface area contributed by atoms with E-state index in [0.29, 0.717) is 18.0 Å². The number of halogens is 3. The van der Waals surface area contributed by atoms with Crippen LogP contribution in [-0.4, -0.2) is 29.8 Å². The number of carbonyl (C=O) groups excluding carboxylic acids is 1. The smallest absolute Gasteiger partial charge is 0.255 e. The van der Waals surface area contributed by atoms with Gasteiger partial charge in [0, 0.05) is 19.0 Å². The van der Waals surface area contributed by atoms with Gasteiger partial charge in [0.15, 0.2) is 0 Å². The SMILES string of the molecule is CN(CC1CC(Cl)C1)C(=O)c1ccc(F)cc1Cl. The lowest BCUT2D eigenvalue weighted by atomic mass is 9.84. The lowest BCUT2D eigenvalue weighted by Crippen LogP contribution is -2.38. The molecule has 0 atom stereocenters. The summed E-state index contributed by atoms with van der Waals surface area (Å²) in [6, 6.07) is 3.81. The molecule has 0 radical (unpaired) electrons. The Morgan fingerprint density at radius 1 is 1.50 bits per heavy atom. The van der Waals surface area contributed by atoms with E-state index in [1.54, 1.807) is 11.9 Å². The minimum Gasteiger partial charge on any atom is -0.341 e. The molecule has 0 N–H and O–H groups in total. The zero-order valence-corrected chi connectivity index (χ0v) is 11.5. The lowest BCUT2D eigenvalue weighted by Gasteiger charge is -2.34. The average Bonchev–Trinajstić information content (AvgIpc) is 2.26. The summed E-state index contributed by atoms with van der Waals surface area (Å²) in [7, 11) is 1.73. The fourth-order valence-corrected chi connectivity index (χ4v) is 2.89. The fourth-order valence-electron chi connectivity index (χ4n) is 2.14. The summed E-state index contributed by atoms with van der Waals surface area (Å²) in [5.74, 6) is -0.165.